The maximum absolute atomic E-state index is 12.9. The maximum Gasteiger partial charge on any atom is 0.335 e. The van der Waals surface area contributed by atoms with Crippen molar-refractivity contribution >= 4 is 46.5 Å². The fourth-order valence-electron chi connectivity index (χ4n) is 4.76. The Hall–Kier alpha value is -4.21. The second-order valence-electron chi connectivity index (χ2n) is 9.64. The number of pyridine rings is 1. The lowest BCUT2D eigenvalue weighted by Crippen LogP contribution is -2.32. The fourth-order valence-corrected chi connectivity index (χ4v) is 5.31. The first-order valence-corrected chi connectivity index (χ1v) is 13.5. The second kappa shape index (κ2) is 11.5. The summed E-state index contributed by atoms with van der Waals surface area (Å²) in [5, 5.41) is 16.6. The highest BCUT2D eigenvalue weighted by Crippen LogP contribution is 2.41. The predicted molar refractivity (Wildman–Crippen MR) is 157 cm³/mol. The number of aromatic nitrogens is 1. The van der Waals surface area contributed by atoms with E-state index in [1.807, 2.05) is 61.2 Å². The Morgan fingerprint density at radius 1 is 1.12 bits per heavy atom. The van der Waals surface area contributed by atoms with E-state index in [1.54, 1.807) is 12.3 Å². The standard InChI is InChI=1S/C30H27ClN4O4S/c1-17-6-7-18(2)23(15-17)33-26(36)12-14-35-28(27(34-30(35)40)22-5-3-4-13-32-22)25-11-10-24(39-25)20-16-19(29(37)38)8-9-21(20)31/h3-11,13,15-16,27-28H,12,14H2,1-2H3,(H,33,36)(H,34,40)(H,37,38). The number of hydrogen-bond donors (Lipinski definition) is 3. The van der Waals surface area contributed by atoms with Crippen LogP contribution in [0.4, 0.5) is 5.69 Å². The molecule has 2 aromatic heterocycles. The minimum atomic E-state index is -1.06. The molecule has 0 bridgehead atoms. The number of furan rings is 1. The van der Waals surface area contributed by atoms with Crippen LogP contribution in [0.15, 0.2) is 77.3 Å². The summed E-state index contributed by atoms with van der Waals surface area (Å²) < 4.78 is 6.28. The molecule has 1 fully saturated rings. The van der Waals surface area contributed by atoms with Crippen LogP contribution in [0.1, 0.15) is 51.4 Å². The highest BCUT2D eigenvalue weighted by Gasteiger charge is 2.41. The molecule has 1 aliphatic heterocycles. The molecule has 2 aromatic carbocycles. The average Bonchev–Trinajstić information content (AvgIpc) is 3.54. The summed E-state index contributed by atoms with van der Waals surface area (Å²) in [6.45, 7) is 4.27. The number of nitrogens with zero attached hydrogens (tertiary/aromatic N) is 2. The van der Waals surface area contributed by atoms with Gasteiger partial charge in [-0.3, -0.25) is 9.78 Å². The number of carboxylic acids is 1. The van der Waals surface area contributed by atoms with Crippen LogP contribution in [0.5, 0.6) is 0 Å². The zero-order valence-corrected chi connectivity index (χ0v) is 23.4. The number of halogens is 1. The zero-order valence-electron chi connectivity index (χ0n) is 21.8. The first kappa shape index (κ1) is 27.4. The van der Waals surface area contributed by atoms with Gasteiger partial charge in [0.05, 0.1) is 22.3 Å². The molecule has 0 saturated carbocycles. The van der Waals surface area contributed by atoms with Gasteiger partial charge in [0.2, 0.25) is 5.91 Å². The Bertz CT molecular complexity index is 1590. The Labute approximate surface area is 242 Å². The third-order valence-electron chi connectivity index (χ3n) is 6.84. The van der Waals surface area contributed by atoms with E-state index in [9.17, 15) is 14.7 Å². The minimum Gasteiger partial charge on any atom is -0.478 e. The number of anilines is 1. The van der Waals surface area contributed by atoms with Crippen LogP contribution < -0.4 is 10.6 Å². The molecule has 0 radical (unpaired) electrons. The molecule has 1 saturated heterocycles. The van der Waals surface area contributed by atoms with Gasteiger partial charge in [-0.2, -0.15) is 0 Å². The van der Waals surface area contributed by atoms with Crippen LogP contribution in [0.25, 0.3) is 11.3 Å². The normalized spacial score (nSPS) is 16.6. The van der Waals surface area contributed by atoms with Crippen LogP contribution in [-0.4, -0.2) is 38.5 Å². The largest absolute Gasteiger partial charge is 0.478 e. The lowest BCUT2D eigenvalue weighted by molar-refractivity contribution is -0.116. The number of aromatic carboxylic acids is 1. The van der Waals surface area contributed by atoms with Crippen molar-refractivity contribution in [3.63, 3.8) is 0 Å². The van der Waals surface area contributed by atoms with Gasteiger partial charge in [0, 0.05) is 30.4 Å². The summed E-state index contributed by atoms with van der Waals surface area (Å²) in [7, 11) is 0. The van der Waals surface area contributed by atoms with E-state index in [2.05, 4.69) is 15.6 Å². The van der Waals surface area contributed by atoms with Crippen molar-refractivity contribution in [1.29, 1.82) is 0 Å². The van der Waals surface area contributed by atoms with Crippen molar-refractivity contribution in [3.8, 4) is 11.3 Å². The van der Waals surface area contributed by atoms with E-state index < -0.39 is 12.0 Å². The van der Waals surface area contributed by atoms with Gasteiger partial charge in [-0.1, -0.05) is 29.8 Å². The molecule has 40 heavy (non-hydrogen) atoms. The van der Waals surface area contributed by atoms with E-state index in [-0.39, 0.29) is 23.9 Å². The maximum atomic E-state index is 12.9. The molecule has 4 aromatic rings. The Kier molecular flexibility index (Phi) is 7.86. The number of carbonyl (C=O) groups is 2. The third kappa shape index (κ3) is 5.71. The number of carboxylic acid groups (broad SMARTS) is 1. The van der Waals surface area contributed by atoms with Gasteiger partial charge in [0.15, 0.2) is 5.11 Å². The van der Waals surface area contributed by atoms with E-state index in [0.29, 0.717) is 33.8 Å². The molecule has 3 N–H and O–H groups in total. The highest BCUT2D eigenvalue weighted by atomic mass is 35.5. The number of hydrogen-bond acceptors (Lipinski definition) is 5. The van der Waals surface area contributed by atoms with Crippen LogP contribution in [-0.2, 0) is 4.79 Å². The molecule has 10 heteroatoms. The van der Waals surface area contributed by atoms with E-state index in [4.69, 9.17) is 28.2 Å². The van der Waals surface area contributed by atoms with Gasteiger partial charge in [0.25, 0.3) is 0 Å². The number of nitrogens with one attached hydrogen (secondary N) is 2. The topological polar surface area (TPSA) is 108 Å². The van der Waals surface area contributed by atoms with Crippen LogP contribution in [0.3, 0.4) is 0 Å². The molecule has 1 aliphatic rings. The molecule has 8 nitrogen and oxygen atoms in total. The molecule has 2 atom stereocenters. The molecule has 0 aliphatic carbocycles. The molecule has 0 spiro atoms. The molecule has 3 heterocycles. The summed E-state index contributed by atoms with van der Waals surface area (Å²) in [6.07, 6.45) is 1.91. The highest BCUT2D eigenvalue weighted by molar-refractivity contribution is 7.80. The zero-order chi connectivity index (χ0) is 28.4. The van der Waals surface area contributed by atoms with Gasteiger partial charge < -0.3 is 25.1 Å². The van der Waals surface area contributed by atoms with Gasteiger partial charge in [-0.15, -0.1) is 0 Å². The van der Waals surface area contributed by atoms with Gasteiger partial charge in [0.1, 0.15) is 17.6 Å². The van der Waals surface area contributed by atoms with Crippen molar-refractivity contribution < 1.29 is 19.1 Å². The number of benzene rings is 2. The fraction of sp³-hybridized carbons (Fsp3) is 0.200. The van der Waals surface area contributed by atoms with E-state index in [1.165, 1.54) is 18.2 Å². The quantitative estimate of drug-likeness (QED) is 0.210. The summed E-state index contributed by atoms with van der Waals surface area (Å²) in [6, 6.07) is 18.9. The predicted octanol–water partition coefficient (Wildman–Crippen LogP) is 6.31. The van der Waals surface area contributed by atoms with Crippen molar-refractivity contribution in [2.75, 3.05) is 11.9 Å². The number of amides is 1. The summed E-state index contributed by atoms with van der Waals surface area (Å²) in [5.41, 5.74) is 4.16. The van der Waals surface area contributed by atoms with Crippen molar-refractivity contribution in [2.45, 2.75) is 32.4 Å². The number of rotatable bonds is 8. The monoisotopic (exact) mass is 574 g/mol. The number of thiocarbonyl (C=S) groups is 1. The number of aryl methyl sites for hydroxylation is 2. The molecule has 204 valence electrons. The van der Waals surface area contributed by atoms with Gasteiger partial charge >= 0.3 is 5.97 Å². The van der Waals surface area contributed by atoms with Crippen molar-refractivity contribution in [3.05, 3.63) is 106 Å². The minimum absolute atomic E-state index is 0.101. The average molecular weight is 575 g/mol. The molecule has 1 amide bonds. The molecule has 5 rings (SSSR count). The van der Waals surface area contributed by atoms with Gasteiger partial charge in [-0.05, 0) is 85.7 Å². The first-order chi connectivity index (χ1) is 19.2. The van der Waals surface area contributed by atoms with Crippen LogP contribution in [0.2, 0.25) is 5.02 Å². The molecular weight excluding hydrogens is 548 g/mol. The third-order valence-corrected chi connectivity index (χ3v) is 7.52. The lowest BCUT2D eigenvalue weighted by atomic mass is 10.0. The Balaban J connectivity index is 1.43. The summed E-state index contributed by atoms with van der Waals surface area (Å²) >= 11 is 12.1. The van der Waals surface area contributed by atoms with Crippen molar-refractivity contribution in [2.24, 2.45) is 0 Å². The molecular formula is C30H27ClN4O4S. The van der Waals surface area contributed by atoms with Gasteiger partial charge in [-0.25, -0.2) is 4.79 Å². The van der Waals surface area contributed by atoms with Crippen molar-refractivity contribution in [1.82, 2.24) is 15.2 Å². The van der Waals surface area contributed by atoms with E-state index in [0.717, 1.165) is 22.5 Å². The molecule has 2 unspecified atom stereocenters. The van der Waals surface area contributed by atoms with Crippen LogP contribution >= 0.6 is 23.8 Å². The summed E-state index contributed by atoms with van der Waals surface area (Å²) in [4.78, 5) is 30.9. The van der Waals surface area contributed by atoms with Crippen LogP contribution in [0, 0.1) is 13.8 Å². The summed E-state index contributed by atoms with van der Waals surface area (Å²) in [5.74, 6) is -0.192. The SMILES string of the molecule is Cc1ccc(C)c(NC(=O)CCN2C(=S)NC(c3ccccn3)C2c2ccc(-c3cc(C(=O)O)ccc3Cl)o2)c1. The lowest BCUT2D eigenvalue weighted by Gasteiger charge is -2.26. The number of carbonyl (C=O) groups excluding carboxylic acids is 1. The first-order valence-electron chi connectivity index (χ1n) is 12.7. The second-order valence-corrected chi connectivity index (χ2v) is 10.4. The smallest absolute Gasteiger partial charge is 0.335 e. The Morgan fingerprint density at radius 3 is 2.70 bits per heavy atom. The van der Waals surface area contributed by atoms with E-state index >= 15 is 0 Å². The Morgan fingerprint density at radius 2 is 1.95 bits per heavy atom.